The summed E-state index contributed by atoms with van der Waals surface area (Å²) in [5, 5.41) is 7.17. The van der Waals surface area contributed by atoms with Crippen LogP contribution >= 0.6 is 0 Å². The van der Waals surface area contributed by atoms with E-state index in [1.807, 2.05) is 7.05 Å². The van der Waals surface area contributed by atoms with Gasteiger partial charge in [0.15, 0.2) is 0 Å². The lowest BCUT2D eigenvalue weighted by Crippen LogP contribution is -2.11. The van der Waals surface area contributed by atoms with Gasteiger partial charge in [0.25, 0.3) is 0 Å². The maximum Gasteiger partial charge on any atom is 0.416 e. The second-order valence-electron chi connectivity index (χ2n) is 4.57. The lowest BCUT2D eigenvalue weighted by atomic mass is 10.0. The van der Waals surface area contributed by atoms with Crippen molar-refractivity contribution in [2.24, 2.45) is 7.05 Å². The van der Waals surface area contributed by atoms with Gasteiger partial charge in [0.2, 0.25) is 0 Å². The molecule has 0 aliphatic heterocycles. The molecule has 0 bridgehead atoms. The lowest BCUT2D eigenvalue weighted by molar-refractivity contribution is -0.137. The van der Waals surface area contributed by atoms with Crippen molar-refractivity contribution in [3.8, 4) is 11.3 Å². The van der Waals surface area contributed by atoms with E-state index in [2.05, 4.69) is 10.4 Å². The van der Waals surface area contributed by atoms with Gasteiger partial charge in [0.1, 0.15) is 0 Å². The summed E-state index contributed by atoms with van der Waals surface area (Å²) in [6.45, 7) is 0.748. The quantitative estimate of drug-likeness (QED) is 0.935. The Labute approximate surface area is 115 Å². The van der Waals surface area contributed by atoms with Crippen molar-refractivity contribution < 1.29 is 13.2 Å². The molecule has 1 heterocycles. The van der Waals surface area contributed by atoms with Gasteiger partial charge >= 0.3 is 6.18 Å². The van der Waals surface area contributed by atoms with Crippen LogP contribution in [0.1, 0.15) is 11.1 Å². The normalized spacial score (nSPS) is 11.8. The fourth-order valence-corrected chi connectivity index (χ4v) is 2.14. The summed E-state index contributed by atoms with van der Waals surface area (Å²) in [4.78, 5) is 0. The number of aryl methyl sites for hydroxylation is 1. The maximum absolute atomic E-state index is 12.8. The number of nitrogens with one attached hydrogen (secondary N) is 1. The number of benzene rings is 1. The number of alkyl halides is 3. The molecule has 2 aromatic rings. The van der Waals surface area contributed by atoms with Gasteiger partial charge in [0.05, 0.1) is 17.5 Å². The first kappa shape index (κ1) is 14.6. The summed E-state index contributed by atoms with van der Waals surface area (Å²) in [5.74, 6) is 0. The Morgan fingerprint density at radius 3 is 2.70 bits per heavy atom. The smallest absolute Gasteiger partial charge is 0.319 e. The molecule has 0 spiro atoms. The minimum atomic E-state index is -4.33. The Kier molecular flexibility index (Phi) is 4.13. The molecule has 0 unspecified atom stereocenters. The molecule has 0 aliphatic carbocycles. The van der Waals surface area contributed by atoms with E-state index in [9.17, 15) is 13.2 Å². The third-order valence-electron chi connectivity index (χ3n) is 3.12. The van der Waals surface area contributed by atoms with Crippen LogP contribution in [0.4, 0.5) is 13.2 Å². The molecule has 0 radical (unpaired) electrons. The highest BCUT2D eigenvalue weighted by Gasteiger charge is 2.30. The molecule has 1 aromatic heterocycles. The zero-order valence-electron chi connectivity index (χ0n) is 11.3. The predicted octanol–water partition coefficient (Wildman–Crippen LogP) is 2.87. The lowest BCUT2D eigenvalue weighted by Gasteiger charge is -2.10. The first-order chi connectivity index (χ1) is 9.43. The molecule has 0 fully saturated rings. The molecule has 1 aromatic carbocycles. The molecule has 20 heavy (non-hydrogen) atoms. The minimum absolute atomic E-state index is 0.533. The van der Waals surface area contributed by atoms with Gasteiger partial charge in [-0.2, -0.15) is 18.3 Å². The Hall–Kier alpha value is -1.82. The third kappa shape index (κ3) is 3.01. The zero-order valence-corrected chi connectivity index (χ0v) is 11.3. The van der Waals surface area contributed by atoms with Crippen molar-refractivity contribution in [3.05, 3.63) is 41.6 Å². The fourth-order valence-electron chi connectivity index (χ4n) is 2.14. The molecule has 2 rings (SSSR count). The van der Waals surface area contributed by atoms with Crippen LogP contribution in [0, 0.1) is 0 Å². The maximum atomic E-state index is 12.8. The van der Waals surface area contributed by atoms with Gasteiger partial charge in [-0.3, -0.25) is 4.68 Å². The average molecular weight is 283 g/mol. The van der Waals surface area contributed by atoms with Crippen molar-refractivity contribution in [1.29, 1.82) is 0 Å². The second-order valence-corrected chi connectivity index (χ2v) is 4.57. The highest BCUT2D eigenvalue weighted by Crippen LogP contribution is 2.33. The molecule has 0 atom stereocenters. The Morgan fingerprint density at radius 2 is 2.05 bits per heavy atom. The Balaban J connectivity index is 2.43. The van der Waals surface area contributed by atoms with Crippen LogP contribution in [-0.2, 0) is 19.6 Å². The van der Waals surface area contributed by atoms with Crippen molar-refractivity contribution in [3.63, 3.8) is 0 Å². The van der Waals surface area contributed by atoms with Crippen molar-refractivity contribution in [1.82, 2.24) is 15.1 Å². The van der Waals surface area contributed by atoms with Gasteiger partial charge in [-0.25, -0.2) is 0 Å². The number of likely N-dealkylation sites (N-methyl/N-ethyl adjacent to an activating group) is 1. The van der Waals surface area contributed by atoms with E-state index < -0.39 is 11.7 Å². The Bertz CT molecular complexity index is 588. The zero-order chi connectivity index (χ0) is 14.8. The summed E-state index contributed by atoms with van der Waals surface area (Å²) >= 11 is 0. The van der Waals surface area contributed by atoms with Gasteiger partial charge in [-0.05, 0) is 37.7 Å². The molecule has 0 amide bonds. The predicted molar refractivity (Wildman–Crippen MR) is 71.3 cm³/mol. The monoisotopic (exact) mass is 283 g/mol. The first-order valence-electron chi connectivity index (χ1n) is 6.26. The van der Waals surface area contributed by atoms with E-state index in [1.54, 1.807) is 24.0 Å². The molecule has 0 aliphatic rings. The van der Waals surface area contributed by atoms with Crippen molar-refractivity contribution >= 4 is 0 Å². The largest absolute Gasteiger partial charge is 0.416 e. The number of rotatable bonds is 4. The van der Waals surface area contributed by atoms with Crippen molar-refractivity contribution in [2.75, 3.05) is 13.6 Å². The van der Waals surface area contributed by atoms with E-state index in [-0.39, 0.29) is 0 Å². The van der Waals surface area contributed by atoms with Crippen LogP contribution in [0.25, 0.3) is 11.3 Å². The second kappa shape index (κ2) is 5.66. The standard InChI is InChI=1S/C14H16F3N3/c1-18-7-6-11-9-19-20(2)13(11)10-4-3-5-12(8-10)14(15,16)17/h3-5,8-9,18H,6-7H2,1-2H3. The summed E-state index contributed by atoms with van der Waals surface area (Å²) in [6, 6.07) is 5.34. The Morgan fingerprint density at radius 1 is 1.30 bits per heavy atom. The van der Waals surface area contributed by atoms with Crippen LogP contribution in [-0.4, -0.2) is 23.4 Å². The average Bonchev–Trinajstić information content (AvgIpc) is 2.76. The summed E-state index contributed by atoms with van der Waals surface area (Å²) in [5.41, 5.74) is 1.55. The van der Waals surface area contributed by atoms with E-state index in [0.717, 1.165) is 30.3 Å². The molecule has 1 N–H and O–H groups in total. The molecule has 0 saturated heterocycles. The van der Waals surface area contributed by atoms with E-state index >= 15 is 0 Å². The fraction of sp³-hybridized carbons (Fsp3) is 0.357. The van der Waals surface area contributed by atoms with Crippen LogP contribution in [0.15, 0.2) is 30.5 Å². The number of halogens is 3. The molecule has 108 valence electrons. The van der Waals surface area contributed by atoms with Gasteiger partial charge < -0.3 is 5.32 Å². The molecular weight excluding hydrogens is 267 g/mol. The minimum Gasteiger partial charge on any atom is -0.319 e. The molecule has 6 heteroatoms. The topological polar surface area (TPSA) is 29.9 Å². The van der Waals surface area contributed by atoms with Gasteiger partial charge in [0, 0.05) is 12.6 Å². The number of aromatic nitrogens is 2. The van der Waals surface area contributed by atoms with Crippen LogP contribution in [0.5, 0.6) is 0 Å². The summed E-state index contributed by atoms with van der Waals surface area (Å²) in [6.07, 6.45) is -1.91. The highest BCUT2D eigenvalue weighted by molar-refractivity contribution is 5.64. The SMILES string of the molecule is CNCCc1cnn(C)c1-c1cccc(C(F)(F)F)c1. The van der Waals surface area contributed by atoms with E-state index in [1.165, 1.54) is 12.1 Å². The number of hydrogen-bond donors (Lipinski definition) is 1. The van der Waals surface area contributed by atoms with E-state index in [0.29, 0.717) is 5.56 Å². The van der Waals surface area contributed by atoms with E-state index in [4.69, 9.17) is 0 Å². The number of hydrogen-bond acceptors (Lipinski definition) is 2. The van der Waals surface area contributed by atoms with Gasteiger partial charge in [-0.1, -0.05) is 12.1 Å². The number of nitrogens with zero attached hydrogens (tertiary/aromatic N) is 2. The van der Waals surface area contributed by atoms with Gasteiger partial charge in [-0.15, -0.1) is 0 Å². The molecule has 3 nitrogen and oxygen atoms in total. The van der Waals surface area contributed by atoms with Crippen molar-refractivity contribution in [2.45, 2.75) is 12.6 Å². The van der Waals surface area contributed by atoms with Crippen LogP contribution in [0.2, 0.25) is 0 Å². The summed E-state index contributed by atoms with van der Waals surface area (Å²) in [7, 11) is 3.57. The summed E-state index contributed by atoms with van der Waals surface area (Å²) < 4.78 is 40.0. The molecular formula is C14H16F3N3. The van der Waals surface area contributed by atoms with Crippen LogP contribution in [0.3, 0.4) is 0 Å². The molecule has 0 saturated carbocycles. The third-order valence-corrected chi connectivity index (χ3v) is 3.12. The highest BCUT2D eigenvalue weighted by atomic mass is 19.4. The van der Waals surface area contributed by atoms with Crippen LogP contribution < -0.4 is 5.32 Å². The first-order valence-corrected chi connectivity index (χ1v) is 6.26.